The second-order valence-corrected chi connectivity index (χ2v) is 7.27. The zero-order valence-electron chi connectivity index (χ0n) is 13.6. The number of hydrogen-bond acceptors (Lipinski definition) is 4. The topological polar surface area (TPSA) is 75.4 Å². The number of benzene rings is 1. The molecule has 2 amide bonds. The van der Waals surface area contributed by atoms with Gasteiger partial charge in [0.1, 0.15) is 0 Å². The van der Waals surface area contributed by atoms with Crippen LogP contribution in [0.15, 0.2) is 34.9 Å². The zero-order chi connectivity index (χ0) is 17.4. The van der Waals surface area contributed by atoms with Gasteiger partial charge in [0.25, 0.3) is 5.91 Å². The lowest BCUT2D eigenvalue weighted by Crippen LogP contribution is -2.44. The van der Waals surface area contributed by atoms with E-state index in [1.165, 1.54) is 0 Å². The van der Waals surface area contributed by atoms with Gasteiger partial charge in [-0.2, -0.15) is 0 Å². The van der Waals surface area contributed by atoms with Gasteiger partial charge in [-0.1, -0.05) is 16.8 Å². The number of piperidine rings is 1. The molecule has 1 N–H and O–H groups in total. The molecule has 1 spiro atoms. The Bertz CT molecular complexity index is 807. The molecule has 0 atom stereocenters. The van der Waals surface area contributed by atoms with E-state index in [9.17, 15) is 9.59 Å². The van der Waals surface area contributed by atoms with Crippen LogP contribution in [-0.4, -0.2) is 41.5 Å². The summed E-state index contributed by atoms with van der Waals surface area (Å²) in [5.74, 6) is 0.527. The summed E-state index contributed by atoms with van der Waals surface area (Å²) in [5.41, 5.74) is 1.15. The number of aromatic nitrogens is 1. The van der Waals surface area contributed by atoms with Crippen molar-refractivity contribution in [3.05, 3.63) is 41.0 Å². The molecule has 0 radical (unpaired) electrons. The van der Waals surface area contributed by atoms with E-state index >= 15 is 0 Å². The van der Waals surface area contributed by atoms with Crippen molar-refractivity contribution in [2.45, 2.75) is 19.3 Å². The number of hydrogen-bond donors (Lipinski definition) is 1. The summed E-state index contributed by atoms with van der Waals surface area (Å²) in [6.07, 6.45) is 2.23. The van der Waals surface area contributed by atoms with Crippen LogP contribution in [-0.2, 0) is 4.79 Å². The third-order valence-corrected chi connectivity index (χ3v) is 5.42. The molecule has 7 heteroatoms. The SMILES string of the molecule is O=C1CC2(CCN(C(=O)c3cc(-c4ccc(Cl)cc4)on3)CC2)CN1. The van der Waals surface area contributed by atoms with Crippen LogP contribution in [0.5, 0.6) is 0 Å². The van der Waals surface area contributed by atoms with E-state index < -0.39 is 0 Å². The normalized spacial score (nSPS) is 19.2. The third-order valence-electron chi connectivity index (χ3n) is 5.17. The number of nitrogens with one attached hydrogen (secondary N) is 1. The largest absolute Gasteiger partial charge is 0.356 e. The van der Waals surface area contributed by atoms with E-state index in [4.69, 9.17) is 16.1 Å². The Balaban J connectivity index is 1.44. The van der Waals surface area contributed by atoms with Gasteiger partial charge < -0.3 is 14.7 Å². The van der Waals surface area contributed by atoms with E-state index in [1.54, 1.807) is 23.1 Å². The van der Waals surface area contributed by atoms with E-state index in [-0.39, 0.29) is 17.2 Å². The van der Waals surface area contributed by atoms with Crippen molar-refractivity contribution < 1.29 is 14.1 Å². The molecule has 25 heavy (non-hydrogen) atoms. The fraction of sp³-hybridized carbons (Fsp3) is 0.389. The van der Waals surface area contributed by atoms with Crippen LogP contribution in [0, 0.1) is 5.41 Å². The molecule has 2 aromatic rings. The second kappa shape index (κ2) is 6.19. The highest BCUT2D eigenvalue weighted by atomic mass is 35.5. The minimum atomic E-state index is -0.129. The Morgan fingerprint density at radius 3 is 2.60 bits per heavy atom. The molecule has 6 nitrogen and oxygen atoms in total. The van der Waals surface area contributed by atoms with E-state index in [1.807, 2.05) is 12.1 Å². The smallest absolute Gasteiger partial charge is 0.276 e. The van der Waals surface area contributed by atoms with Crippen LogP contribution in [0.3, 0.4) is 0 Å². The van der Waals surface area contributed by atoms with Gasteiger partial charge in [-0.05, 0) is 42.5 Å². The molecule has 3 heterocycles. The van der Waals surface area contributed by atoms with Crippen LogP contribution in [0.1, 0.15) is 29.8 Å². The minimum Gasteiger partial charge on any atom is -0.356 e. The first kappa shape index (κ1) is 16.1. The first-order chi connectivity index (χ1) is 12.0. The molecule has 2 aliphatic heterocycles. The highest BCUT2D eigenvalue weighted by molar-refractivity contribution is 6.30. The second-order valence-electron chi connectivity index (χ2n) is 6.83. The predicted octanol–water partition coefficient (Wildman–Crippen LogP) is 2.74. The molecule has 1 aromatic carbocycles. The lowest BCUT2D eigenvalue weighted by atomic mass is 9.77. The van der Waals surface area contributed by atoms with Crippen molar-refractivity contribution in [2.75, 3.05) is 19.6 Å². The summed E-state index contributed by atoms with van der Waals surface area (Å²) in [6, 6.07) is 8.85. The number of amides is 2. The lowest BCUT2D eigenvalue weighted by molar-refractivity contribution is -0.119. The number of carbonyl (C=O) groups is 2. The summed E-state index contributed by atoms with van der Waals surface area (Å²) in [6.45, 7) is 1.99. The highest BCUT2D eigenvalue weighted by Gasteiger charge is 2.42. The third kappa shape index (κ3) is 3.14. The fourth-order valence-electron chi connectivity index (χ4n) is 3.58. The standard InChI is InChI=1S/C18H18ClN3O3/c19-13-3-1-12(2-4-13)15-9-14(21-25-15)17(24)22-7-5-18(6-8-22)10-16(23)20-11-18/h1-4,9H,5-8,10-11H2,(H,20,23). The van der Waals surface area contributed by atoms with Crippen molar-refractivity contribution in [1.82, 2.24) is 15.4 Å². The first-order valence-electron chi connectivity index (χ1n) is 8.33. The zero-order valence-corrected chi connectivity index (χ0v) is 14.4. The van der Waals surface area contributed by atoms with E-state index in [0.717, 1.165) is 24.9 Å². The number of carbonyl (C=O) groups excluding carboxylic acids is 2. The Morgan fingerprint density at radius 1 is 1.24 bits per heavy atom. The lowest BCUT2D eigenvalue weighted by Gasteiger charge is -2.37. The summed E-state index contributed by atoms with van der Waals surface area (Å²) in [4.78, 5) is 25.9. The van der Waals surface area contributed by atoms with Gasteiger partial charge >= 0.3 is 0 Å². The molecule has 2 aliphatic rings. The van der Waals surface area contributed by atoms with Crippen molar-refractivity contribution in [1.29, 1.82) is 0 Å². The predicted molar refractivity (Wildman–Crippen MR) is 92.1 cm³/mol. The van der Waals surface area contributed by atoms with Crippen molar-refractivity contribution >= 4 is 23.4 Å². The molecule has 130 valence electrons. The Hall–Kier alpha value is -2.34. The molecule has 2 fully saturated rings. The molecular formula is C18H18ClN3O3. The number of nitrogens with zero attached hydrogens (tertiary/aromatic N) is 2. The Kier molecular flexibility index (Phi) is 4.00. The highest BCUT2D eigenvalue weighted by Crippen LogP contribution is 2.37. The summed E-state index contributed by atoms with van der Waals surface area (Å²) in [5, 5.41) is 7.47. The summed E-state index contributed by atoms with van der Waals surface area (Å²) in [7, 11) is 0. The fourth-order valence-corrected chi connectivity index (χ4v) is 3.70. The van der Waals surface area contributed by atoms with Crippen molar-refractivity contribution in [3.8, 4) is 11.3 Å². The average Bonchev–Trinajstić information content (AvgIpc) is 3.23. The molecule has 0 saturated carbocycles. The van der Waals surface area contributed by atoms with Gasteiger partial charge in [0, 0.05) is 42.7 Å². The van der Waals surface area contributed by atoms with Gasteiger partial charge in [-0.25, -0.2) is 0 Å². The van der Waals surface area contributed by atoms with Crippen LogP contribution >= 0.6 is 11.6 Å². The number of halogens is 1. The van der Waals surface area contributed by atoms with Crippen LogP contribution in [0.2, 0.25) is 5.02 Å². The molecule has 2 saturated heterocycles. The number of rotatable bonds is 2. The Labute approximate surface area is 150 Å². The van der Waals surface area contributed by atoms with Gasteiger partial charge in [0.2, 0.25) is 5.91 Å². The van der Waals surface area contributed by atoms with Crippen LogP contribution in [0.4, 0.5) is 0 Å². The van der Waals surface area contributed by atoms with Gasteiger partial charge in [0.05, 0.1) is 0 Å². The molecule has 0 unspecified atom stereocenters. The summed E-state index contributed by atoms with van der Waals surface area (Å²) < 4.78 is 5.31. The number of likely N-dealkylation sites (tertiary alicyclic amines) is 1. The van der Waals surface area contributed by atoms with Gasteiger partial charge in [0.15, 0.2) is 11.5 Å². The minimum absolute atomic E-state index is 0.0200. The maximum Gasteiger partial charge on any atom is 0.276 e. The van der Waals surface area contributed by atoms with Crippen molar-refractivity contribution in [3.63, 3.8) is 0 Å². The molecule has 0 aliphatic carbocycles. The maximum absolute atomic E-state index is 12.7. The van der Waals surface area contributed by atoms with Crippen LogP contribution < -0.4 is 5.32 Å². The molecular weight excluding hydrogens is 342 g/mol. The van der Waals surface area contributed by atoms with Crippen LogP contribution in [0.25, 0.3) is 11.3 Å². The summed E-state index contributed by atoms with van der Waals surface area (Å²) >= 11 is 5.88. The first-order valence-corrected chi connectivity index (χ1v) is 8.71. The average molecular weight is 360 g/mol. The molecule has 0 bridgehead atoms. The van der Waals surface area contributed by atoms with Crippen molar-refractivity contribution in [2.24, 2.45) is 5.41 Å². The van der Waals surface area contributed by atoms with E-state index in [0.29, 0.717) is 36.0 Å². The maximum atomic E-state index is 12.7. The Morgan fingerprint density at radius 2 is 1.96 bits per heavy atom. The van der Waals surface area contributed by atoms with E-state index in [2.05, 4.69) is 10.5 Å². The molecule has 4 rings (SSSR count). The quantitative estimate of drug-likeness (QED) is 0.894. The van der Waals surface area contributed by atoms with Gasteiger partial charge in [-0.15, -0.1) is 0 Å². The molecule has 1 aromatic heterocycles. The van der Waals surface area contributed by atoms with Gasteiger partial charge in [-0.3, -0.25) is 9.59 Å². The monoisotopic (exact) mass is 359 g/mol.